The first-order chi connectivity index (χ1) is 17.0. The highest BCUT2D eigenvalue weighted by Crippen LogP contribution is 2.29. The molecule has 2 aromatic heterocycles. The van der Waals surface area contributed by atoms with Gasteiger partial charge in [-0.3, -0.25) is 19.5 Å². The summed E-state index contributed by atoms with van der Waals surface area (Å²) in [6.45, 7) is 0.0886. The highest BCUT2D eigenvalue weighted by atomic mass is 32.1. The lowest BCUT2D eigenvalue weighted by Crippen LogP contribution is -2.31. The Balaban J connectivity index is 1.48. The summed E-state index contributed by atoms with van der Waals surface area (Å²) in [5, 5.41) is 0.697. The second-order valence-electron chi connectivity index (χ2n) is 7.66. The number of para-hydroxylation sites is 3. The predicted molar refractivity (Wildman–Crippen MR) is 133 cm³/mol. The topological polar surface area (TPSA) is 102 Å². The fraction of sp³-hybridized carbons (Fsp3) is 0.0385. The van der Waals surface area contributed by atoms with Crippen molar-refractivity contribution >= 4 is 39.9 Å². The van der Waals surface area contributed by atoms with Crippen molar-refractivity contribution in [2.75, 3.05) is 4.90 Å². The molecule has 0 aliphatic heterocycles. The van der Waals surface area contributed by atoms with Crippen molar-refractivity contribution in [1.29, 1.82) is 0 Å². The average Bonchev–Trinajstić information content (AvgIpc) is 3.36. The molecule has 0 saturated heterocycles. The maximum atomic E-state index is 14.8. The molecule has 0 radical (unpaired) electrons. The lowest BCUT2D eigenvalue weighted by molar-refractivity contribution is 0.0977. The van der Waals surface area contributed by atoms with E-state index < -0.39 is 17.6 Å². The van der Waals surface area contributed by atoms with E-state index in [0.717, 1.165) is 10.4 Å². The molecule has 0 spiro atoms. The minimum Gasteiger partial charge on any atom is -0.366 e. The molecule has 0 atom stereocenters. The van der Waals surface area contributed by atoms with E-state index in [1.165, 1.54) is 28.5 Å². The number of anilines is 1. The van der Waals surface area contributed by atoms with Gasteiger partial charge in [0.15, 0.2) is 0 Å². The highest BCUT2D eigenvalue weighted by molar-refractivity contribution is 7.15. The molecule has 2 amide bonds. The van der Waals surface area contributed by atoms with Gasteiger partial charge in [-0.2, -0.15) is 0 Å². The molecule has 0 unspecified atom stereocenters. The normalized spacial score (nSPS) is 10.9. The van der Waals surface area contributed by atoms with Crippen molar-refractivity contribution in [2.24, 2.45) is 5.73 Å². The SMILES string of the molecule is NC(=O)c1ccc(-c2ncc(CN(C(=O)c3cnc4ccccc4n3)c3ccccc3F)s2)cc1. The summed E-state index contributed by atoms with van der Waals surface area (Å²) in [6.07, 6.45) is 3.05. The van der Waals surface area contributed by atoms with Gasteiger partial charge in [0.1, 0.15) is 16.5 Å². The number of thiazole rings is 1. The van der Waals surface area contributed by atoms with Crippen LogP contribution in [0.3, 0.4) is 0 Å². The van der Waals surface area contributed by atoms with E-state index in [4.69, 9.17) is 5.73 Å². The molecule has 0 bridgehead atoms. The van der Waals surface area contributed by atoms with Crippen LogP contribution >= 0.6 is 11.3 Å². The first-order valence-corrected chi connectivity index (χ1v) is 11.4. The van der Waals surface area contributed by atoms with Crippen molar-refractivity contribution in [1.82, 2.24) is 15.0 Å². The van der Waals surface area contributed by atoms with Gasteiger partial charge in [0.25, 0.3) is 5.91 Å². The fourth-order valence-electron chi connectivity index (χ4n) is 3.58. The molecule has 9 heteroatoms. The van der Waals surface area contributed by atoms with Gasteiger partial charge in [-0.05, 0) is 36.4 Å². The number of nitrogens with two attached hydrogens (primary N) is 1. The third-order valence-electron chi connectivity index (χ3n) is 5.34. The summed E-state index contributed by atoms with van der Waals surface area (Å²) in [5.41, 5.74) is 7.99. The first kappa shape index (κ1) is 22.3. The minimum atomic E-state index is -0.527. The van der Waals surface area contributed by atoms with Crippen LogP contribution < -0.4 is 10.6 Å². The largest absolute Gasteiger partial charge is 0.366 e. The number of fused-ring (bicyclic) bond motifs is 1. The summed E-state index contributed by atoms with van der Waals surface area (Å²) < 4.78 is 14.8. The lowest BCUT2D eigenvalue weighted by Gasteiger charge is -2.22. The van der Waals surface area contributed by atoms with Crippen molar-refractivity contribution in [2.45, 2.75) is 6.54 Å². The number of amides is 2. The van der Waals surface area contributed by atoms with Crippen LogP contribution in [-0.4, -0.2) is 26.8 Å². The Kier molecular flexibility index (Phi) is 5.99. The Morgan fingerprint density at radius 2 is 1.60 bits per heavy atom. The van der Waals surface area contributed by atoms with Crippen molar-refractivity contribution in [3.8, 4) is 10.6 Å². The fourth-order valence-corrected chi connectivity index (χ4v) is 4.49. The molecule has 7 nitrogen and oxygen atoms in total. The van der Waals surface area contributed by atoms with Crippen LogP contribution in [0.5, 0.6) is 0 Å². The van der Waals surface area contributed by atoms with Crippen LogP contribution in [0, 0.1) is 5.82 Å². The molecule has 0 saturated carbocycles. The quantitative estimate of drug-likeness (QED) is 0.372. The summed E-state index contributed by atoms with van der Waals surface area (Å²) in [4.78, 5) is 40.1. The molecular weight excluding hydrogens is 465 g/mol. The van der Waals surface area contributed by atoms with E-state index in [9.17, 15) is 14.0 Å². The molecule has 172 valence electrons. The molecule has 3 aromatic carbocycles. The first-order valence-electron chi connectivity index (χ1n) is 10.6. The van der Waals surface area contributed by atoms with Gasteiger partial charge in [-0.15, -0.1) is 11.3 Å². The van der Waals surface area contributed by atoms with E-state index in [1.54, 1.807) is 60.8 Å². The van der Waals surface area contributed by atoms with Gasteiger partial charge in [-0.25, -0.2) is 14.4 Å². The monoisotopic (exact) mass is 483 g/mol. The van der Waals surface area contributed by atoms with Crippen LogP contribution in [0.2, 0.25) is 0 Å². The Labute approximate surface area is 203 Å². The molecule has 0 fully saturated rings. The number of carbonyl (C=O) groups excluding carboxylic acids is 2. The molecule has 2 heterocycles. The van der Waals surface area contributed by atoms with Gasteiger partial charge in [0.05, 0.1) is 29.5 Å². The Bertz CT molecular complexity index is 1550. The molecular formula is C26H18FN5O2S. The second kappa shape index (κ2) is 9.40. The number of carbonyl (C=O) groups is 2. The van der Waals surface area contributed by atoms with E-state index in [2.05, 4.69) is 15.0 Å². The number of nitrogens with zero attached hydrogens (tertiary/aromatic N) is 4. The summed E-state index contributed by atoms with van der Waals surface area (Å²) in [5.74, 6) is -1.51. The van der Waals surface area contributed by atoms with E-state index in [0.29, 0.717) is 21.6 Å². The van der Waals surface area contributed by atoms with E-state index in [-0.39, 0.29) is 17.9 Å². The van der Waals surface area contributed by atoms with Gasteiger partial charge < -0.3 is 5.73 Å². The molecule has 35 heavy (non-hydrogen) atoms. The standard InChI is InChI=1S/C26H18FN5O2S/c27-19-5-1-4-8-23(19)32(26(34)22-14-29-20-6-2-3-7-21(20)31-22)15-18-13-30-25(35-18)17-11-9-16(10-12-17)24(28)33/h1-14H,15H2,(H2,28,33). The molecule has 2 N–H and O–H groups in total. The summed E-state index contributed by atoms with van der Waals surface area (Å²) in [6, 6.07) is 20.1. The van der Waals surface area contributed by atoms with Gasteiger partial charge in [-0.1, -0.05) is 36.4 Å². The Hall–Kier alpha value is -4.50. The van der Waals surface area contributed by atoms with Crippen LogP contribution in [-0.2, 0) is 6.54 Å². The number of hydrogen-bond donors (Lipinski definition) is 1. The molecule has 5 rings (SSSR count). The maximum Gasteiger partial charge on any atom is 0.278 e. The molecule has 5 aromatic rings. The zero-order chi connectivity index (χ0) is 24.4. The van der Waals surface area contributed by atoms with Crippen molar-refractivity contribution < 1.29 is 14.0 Å². The Morgan fingerprint density at radius 3 is 2.34 bits per heavy atom. The Morgan fingerprint density at radius 1 is 0.886 bits per heavy atom. The zero-order valence-corrected chi connectivity index (χ0v) is 19.1. The number of hydrogen-bond acceptors (Lipinski definition) is 6. The van der Waals surface area contributed by atoms with Crippen molar-refractivity contribution in [3.63, 3.8) is 0 Å². The van der Waals surface area contributed by atoms with Crippen molar-refractivity contribution in [3.05, 3.63) is 107 Å². The highest BCUT2D eigenvalue weighted by Gasteiger charge is 2.24. The predicted octanol–water partition coefficient (Wildman–Crippen LogP) is 4.84. The molecule has 0 aliphatic rings. The third-order valence-corrected chi connectivity index (χ3v) is 6.37. The number of aromatic nitrogens is 3. The van der Waals surface area contributed by atoms with E-state index >= 15 is 0 Å². The lowest BCUT2D eigenvalue weighted by atomic mass is 10.1. The van der Waals surface area contributed by atoms with Gasteiger partial charge in [0, 0.05) is 22.2 Å². The maximum absolute atomic E-state index is 14.8. The van der Waals surface area contributed by atoms with Crippen LogP contribution in [0.1, 0.15) is 25.7 Å². The number of primary amides is 1. The number of rotatable bonds is 6. The van der Waals surface area contributed by atoms with Crippen LogP contribution in [0.25, 0.3) is 21.6 Å². The van der Waals surface area contributed by atoms with Crippen LogP contribution in [0.4, 0.5) is 10.1 Å². The summed E-state index contributed by atoms with van der Waals surface area (Å²) in [7, 11) is 0. The smallest absolute Gasteiger partial charge is 0.278 e. The molecule has 0 aliphatic carbocycles. The second-order valence-corrected chi connectivity index (χ2v) is 8.78. The number of halogens is 1. The van der Waals surface area contributed by atoms with Gasteiger partial charge >= 0.3 is 0 Å². The van der Waals surface area contributed by atoms with Gasteiger partial charge in [0.2, 0.25) is 5.91 Å². The zero-order valence-electron chi connectivity index (χ0n) is 18.3. The number of benzene rings is 3. The van der Waals surface area contributed by atoms with E-state index in [1.807, 2.05) is 12.1 Å². The third kappa shape index (κ3) is 4.62. The van der Waals surface area contributed by atoms with Crippen LogP contribution in [0.15, 0.2) is 85.2 Å². The summed E-state index contributed by atoms with van der Waals surface area (Å²) >= 11 is 1.36. The minimum absolute atomic E-state index is 0.0886. The average molecular weight is 484 g/mol.